The molecule has 2 N–H and O–H groups in total. The third-order valence-corrected chi connectivity index (χ3v) is 6.19. The van der Waals surface area contributed by atoms with Gasteiger partial charge in [-0.2, -0.15) is 0 Å². The summed E-state index contributed by atoms with van der Waals surface area (Å²) in [7, 11) is 1.59. The molecule has 0 bridgehead atoms. The summed E-state index contributed by atoms with van der Waals surface area (Å²) >= 11 is 0. The van der Waals surface area contributed by atoms with E-state index in [9.17, 15) is 9.59 Å². The number of nitrogens with zero attached hydrogens (tertiary/aromatic N) is 1. The van der Waals surface area contributed by atoms with Gasteiger partial charge in [0.05, 0.1) is 12.7 Å². The number of carbonyl (C=O) groups excluding carboxylic acids is 2. The van der Waals surface area contributed by atoms with Gasteiger partial charge in [-0.3, -0.25) is 9.59 Å². The standard InChI is InChI=1S/C28H31N3O3/c1-34-24-11-7-10-22(20-24)27(32)30-23-15-18-31(19-16-23)26-13-6-5-12-25(26)28(33)29-17-14-21-8-3-2-4-9-21/h2-13,20,23H,14-19H2,1H3,(H,29,33)(H,30,32). The normalized spacial score (nSPS) is 13.9. The monoisotopic (exact) mass is 457 g/mol. The zero-order valence-corrected chi connectivity index (χ0v) is 19.5. The van der Waals surface area contributed by atoms with Crippen molar-refractivity contribution in [3.8, 4) is 5.75 Å². The molecular formula is C28H31N3O3. The lowest BCUT2D eigenvalue weighted by atomic mass is 10.0. The Hall–Kier alpha value is -3.80. The minimum atomic E-state index is -0.0875. The van der Waals surface area contributed by atoms with Gasteiger partial charge in [0.25, 0.3) is 11.8 Å². The predicted octanol–water partition coefficient (Wildman–Crippen LogP) is 4.07. The van der Waals surface area contributed by atoms with E-state index in [0.29, 0.717) is 23.4 Å². The number of hydrogen-bond donors (Lipinski definition) is 2. The molecule has 0 atom stereocenters. The smallest absolute Gasteiger partial charge is 0.253 e. The van der Waals surface area contributed by atoms with Crippen LogP contribution in [0.5, 0.6) is 5.75 Å². The molecule has 1 fully saturated rings. The summed E-state index contributed by atoms with van der Waals surface area (Å²) in [4.78, 5) is 27.8. The first-order chi connectivity index (χ1) is 16.6. The number of hydrogen-bond acceptors (Lipinski definition) is 4. The number of piperidine rings is 1. The van der Waals surface area contributed by atoms with Gasteiger partial charge in [0, 0.05) is 36.9 Å². The minimum absolute atomic E-state index is 0.0556. The van der Waals surface area contributed by atoms with E-state index < -0.39 is 0 Å². The van der Waals surface area contributed by atoms with Crippen molar-refractivity contribution in [1.29, 1.82) is 0 Å². The van der Waals surface area contributed by atoms with Gasteiger partial charge in [-0.05, 0) is 55.2 Å². The summed E-state index contributed by atoms with van der Waals surface area (Å²) < 4.78 is 5.22. The van der Waals surface area contributed by atoms with Crippen molar-refractivity contribution in [3.05, 3.63) is 95.6 Å². The lowest BCUT2D eigenvalue weighted by molar-refractivity contribution is 0.0929. The molecule has 3 aromatic rings. The summed E-state index contributed by atoms with van der Waals surface area (Å²) in [5.74, 6) is 0.525. The van der Waals surface area contributed by atoms with Crippen LogP contribution >= 0.6 is 0 Å². The van der Waals surface area contributed by atoms with Gasteiger partial charge in [0.15, 0.2) is 0 Å². The van der Waals surface area contributed by atoms with Gasteiger partial charge in [0.1, 0.15) is 5.75 Å². The Kier molecular flexibility index (Phi) is 7.81. The van der Waals surface area contributed by atoms with E-state index >= 15 is 0 Å². The van der Waals surface area contributed by atoms with Crippen LogP contribution in [-0.2, 0) is 6.42 Å². The molecule has 0 aromatic heterocycles. The second kappa shape index (κ2) is 11.4. The van der Waals surface area contributed by atoms with Crippen LogP contribution in [0.15, 0.2) is 78.9 Å². The summed E-state index contributed by atoms with van der Waals surface area (Å²) in [6.07, 6.45) is 2.44. The highest BCUT2D eigenvalue weighted by Crippen LogP contribution is 2.24. The largest absolute Gasteiger partial charge is 0.497 e. The van der Waals surface area contributed by atoms with E-state index in [1.165, 1.54) is 5.56 Å². The van der Waals surface area contributed by atoms with Crippen molar-refractivity contribution in [3.63, 3.8) is 0 Å². The van der Waals surface area contributed by atoms with Crippen molar-refractivity contribution in [1.82, 2.24) is 10.6 Å². The van der Waals surface area contributed by atoms with E-state index in [4.69, 9.17) is 4.74 Å². The van der Waals surface area contributed by atoms with Crippen LogP contribution in [0.3, 0.4) is 0 Å². The molecule has 4 rings (SSSR count). The zero-order chi connectivity index (χ0) is 23.8. The summed E-state index contributed by atoms with van der Waals surface area (Å²) in [6.45, 7) is 2.14. The summed E-state index contributed by atoms with van der Waals surface area (Å²) in [5.41, 5.74) is 3.43. The Labute approximate surface area is 200 Å². The van der Waals surface area contributed by atoms with Crippen LogP contribution in [0.2, 0.25) is 0 Å². The van der Waals surface area contributed by atoms with Crippen LogP contribution in [0.25, 0.3) is 0 Å². The average molecular weight is 458 g/mol. The maximum absolute atomic E-state index is 12.9. The third-order valence-electron chi connectivity index (χ3n) is 6.19. The first-order valence-corrected chi connectivity index (χ1v) is 11.7. The van der Waals surface area contributed by atoms with Crippen molar-refractivity contribution in [2.45, 2.75) is 25.3 Å². The first kappa shape index (κ1) is 23.4. The molecule has 0 radical (unpaired) electrons. The minimum Gasteiger partial charge on any atom is -0.497 e. The summed E-state index contributed by atoms with van der Waals surface area (Å²) in [6, 6.07) is 25.2. The average Bonchev–Trinajstić information content (AvgIpc) is 2.89. The number of para-hydroxylation sites is 1. The SMILES string of the molecule is COc1cccc(C(=O)NC2CCN(c3ccccc3C(=O)NCCc3ccccc3)CC2)c1. The number of anilines is 1. The van der Waals surface area contributed by atoms with E-state index in [1.54, 1.807) is 19.2 Å². The first-order valence-electron chi connectivity index (χ1n) is 11.7. The second-order valence-corrected chi connectivity index (χ2v) is 8.48. The maximum atomic E-state index is 12.9. The number of benzene rings is 3. The number of carbonyl (C=O) groups is 2. The molecule has 34 heavy (non-hydrogen) atoms. The molecule has 1 heterocycles. The van der Waals surface area contributed by atoms with Crippen molar-refractivity contribution >= 4 is 17.5 Å². The van der Waals surface area contributed by atoms with Gasteiger partial charge in [-0.15, -0.1) is 0 Å². The Morgan fingerprint density at radius 3 is 2.41 bits per heavy atom. The van der Waals surface area contributed by atoms with E-state index in [1.807, 2.05) is 54.6 Å². The van der Waals surface area contributed by atoms with Crippen LogP contribution in [0.4, 0.5) is 5.69 Å². The van der Waals surface area contributed by atoms with Gasteiger partial charge >= 0.3 is 0 Å². The Bertz CT molecular complexity index is 1110. The zero-order valence-electron chi connectivity index (χ0n) is 19.5. The Balaban J connectivity index is 1.31. The number of nitrogens with one attached hydrogen (secondary N) is 2. The molecule has 0 aliphatic carbocycles. The lowest BCUT2D eigenvalue weighted by Crippen LogP contribution is -2.45. The van der Waals surface area contributed by atoms with Gasteiger partial charge < -0.3 is 20.3 Å². The molecule has 3 aromatic carbocycles. The van der Waals surface area contributed by atoms with Crippen molar-refractivity contribution in [2.75, 3.05) is 31.6 Å². The highest BCUT2D eigenvalue weighted by molar-refractivity contribution is 6.00. The van der Waals surface area contributed by atoms with Gasteiger partial charge in [0.2, 0.25) is 0 Å². The topological polar surface area (TPSA) is 70.7 Å². The Morgan fingerprint density at radius 2 is 1.65 bits per heavy atom. The number of methoxy groups -OCH3 is 1. The predicted molar refractivity (Wildman–Crippen MR) is 135 cm³/mol. The third kappa shape index (κ3) is 5.95. The van der Waals surface area contributed by atoms with Crippen molar-refractivity contribution < 1.29 is 14.3 Å². The lowest BCUT2D eigenvalue weighted by Gasteiger charge is -2.35. The molecule has 1 saturated heterocycles. The van der Waals surface area contributed by atoms with E-state index in [0.717, 1.165) is 38.0 Å². The summed E-state index contributed by atoms with van der Waals surface area (Å²) in [5, 5.41) is 6.20. The molecule has 2 amide bonds. The van der Waals surface area contributed by atoms with Crippen LogP contribution in [-0.4, -0.2) is 44.6 Å². The number of rotatable bonds is 8. The highest BCUT2D eigenvalue weighted by atomic mass is 16.5. The molecule has 6 nitrogen and oxygen atoms in total. The molecule has 0 unspecified atom stereocenters. The fourth-order valence-corrected chi connectivity index (χ4v) is 4.30. The van der Waals surface area contributed by atoms with Crippen molar-refractivity contribution in [2.24, 2.45) is 0 Å². The fraction of sp³-hybridized carbons (Fsp3) is 0.286. The Morgan fingerprint density at radius 1 is 0.912 bits per heavy atom. The molecule has 0 spiro atoms. The van der Waals surface area contributed by atoms with Crippen LogP contribution in [0, 0.1) is 0 Å². The molecular weight excluding hydrogens is 426 g/mol. The molecule has 0 saturated carbocycles. The van der Waals surface area contributed by atoms with Crippen LogP contribution in [0.1, 0.15) is 39.1 Å². The molecule has 6 heteroatoms. The molecule has 176 valence electrons. The van der Waals surface area contributed by atoms with Crippen LogP contribution < -0.4 is 20.3 Å². The van der Waals surface area contributed by atoms with Gasteiger partial charge in [-0.1, -0.05) is 48.5 Å². The van der Waals surface area contributed by atoms with E-state index in [-0.39, 0.29) is 17.9 Å². The highest BCUT2D eigenvalue weighted by Gasteiger charge is 2.24. The fourth-order valence-electron chi connectivity index (χ4n) is 4.30. The number of amides is 2. The number of ether oxygens (including phenoxy) is 1. The molecule has 1 aliphatic heterocycles. The van der Waals surface area contributed by atoms with Gasteiger partial charge in [-0.25, -0.2) is 0 Å². The van der Waals surface area contributed by atoms with E-state index in [2.05, 4.69) is 27.7 Å². The molecule has 1 aliphatic rings. The maximum Gasteiger partial charge on any atom is 0.253 e. The quantitative estimate of drug-likeness (QED) is 0.535. The second-order valence-electron chi connectivity index (χ2n) is 8.48.